The van der Waals surface area contributed by atoms with Gasteiger partial charge in [-0.2, -0.15) is 0 Å². The fourth-order valence-electron chi connectivity index (χ4n) is 4.72. The maximum absolute atomic E-state index is 13.3. The van der Waals surface area contributed by atoms with Gasteiger partial charge in [0.2, 0.25) is 5.91 Å². The summed E-state index contributed by atoms with van der Waals surface area (Å²) in [5.74, 6) is -1.55. The number of carbonyl (C=O) groups is 5. The molecule has 11 nitrogen and oxygen atoms in total. The van der Waals surface area contributed by atoms with Gasteiger partial charge in [0.15, 0.2) is 11.5 Å². The fraction of sp³-hybridized carbons (Fsp3) is 0.552. The number of amides is 4. The number of fused-ring (bicyclic) bond motifs is 1. The number of methoxy groups -OCH3 is 1. The van der Waals surface area contributed by atoms with Gasteiger partial charge >= 0.3 is 12.0 Å². The third-order valence-electron chi connectivity index (χ3n) is 6.73. The number of hydrogen-bond acceptors (Lipinski definition) is 7. The summed E-state index contributed by atoms with van der Waals surface area (Å²) in [6.07, 6.45) is 1.57. The van der Waals surface area contributed by atoms with Crippen LogP contribution < -0.4 is 16.0 Å². The molecule has 0 radical (unpaired) electrons. The molecule has 3 N–H and O–H groups in total. The Kier molecular flexibility index (Phi) is 10.7. The molecular formula is C29H40N4O7. The van der Waals surface area contributed by atoms with Crippen molar-refractivity contribution >= 4 is 40.6 Å². The van der Waals surface area contributed by atoms with E-state index < -0.39 is 41.9 Å². The van der Waals surface area contributed by atoms with E-state index in [9.17, 15) is 24.0 Å². The Morgan fingerprint density at radius 2 is 1.70 bits per heavy atom. The van der Waals surface area contributed by atoms with E-state index in [0.717, 1.165) is 5.39 Å². The van der Waals surface area contributed by atoms with Gasteiger partial charge in [0.25, 0.3) is 5.91 Å². The van der Waals surface area contributed by atoms with Crippen molar-refractivity contribution in [2.45, 2.75) is 71.5 Å². The van der Waals surface area contributed by atoms with Crippen LogP contribution in [-0.2, 0) is 19.1 Å². The molecule has 3 unspecified atom stereocenters. The highest BCUT2D eigenvalue weighted by Gasteiger charge is 2.33. The summed E-state index contributed by atoms with van der Waals surface area (Å²) < 4.78 is 10.4. The zero-order valence-electron chi connectivity index (χ0n) is 23.8. The number of nitrogens with zero attached hydrogens (tertiary/aromatic N) is 1. The molecule has 4 amide bonds. The van der Waals surface area contributed by atoms with Gasteiger partial charge in [-0.1, -0.05) is 45.9 Å². The molecule has 1 fully saturated rings. The third kappa shape index (κ3) is 8.30. The van der Waals surface area contributed by atoms with Crippen LogP contribution in [0.5, 0.6) is 0 Å². The normalized spacial score (nSPS) is 17.3. The number of ether oxygens (including phenoxy) is 1. The van der Waals surface area contributed by atoms with Crippen LogP contribution in [-0.4, -0.2) is 72.8 Å². The molecule has 0 saturated carbocycles. The molecule has 1 aromatic heterocycles. The number of rotatable bonds is 10. The van der Waals surface area contributed by atoms with Gasteiger partial charge in [-0.15, -0.1) is 0 Å². The first-order valence-electron chi connectivity index (χ1n) is 13.7. The lowest BCUT2D eigenvalue weighted by atomic mass is 10.0. The largest absolute Gasteiger partial charge is 0.467 e. The maximum atomic E-state index is 13.3. The Morgan fingerprint density at radius 1 is 1.02 bits per heavy atom. The first-order chi connectivity index (χ1) is 19.0. The monoisotopic (exact) mass is 556 g/mol. The Bertz CT molecular complexity index is 1190. The highest BCUT2D eigenvalue weighted by Crippen LogP contribution is 2.19. The van der Waals surface area contributed by atoms with Gasteiger partial charge < -0.3 is 30.0 Å². The molecule has 0 bridgehead atoms. The minimum absolute atomic E-state index is 0.0874. The lowest BCUT2D eigenvalue weighted by Crippen LogP contribution is -2.53. The molecule has 3 rings (SSSR count). The number of ketones is 1. The third-order valence-corrected chi connectivity index (χ3v) is 6.73. The van der Waals surface area contributed by atoms with Crippen LogP contribution in [0.2, 0.25) is 0 Å². The van der Waals surface area contributed by atoms with Gasteiger partial charge in [0, 0.05) is 11.9 Å². The first-order valence-corrected chi connectivity index (χ1v) is 13.7. The van der Waals surface area contributed by atoms with Crippen molar-refractivity contribution in [3.63, 3.8) is 0 Å². The molecule has 1 aliphatic heterocycles. The van der Waals surface area contributed by atoms with Crippen LogP contribution >= 0.6 is 0 Å². The van der Waals surface area contributed by atoms with Crippen molar-refractivity contribution in [1.82, 2.24) is 20.9 Å². The van der Waals surface area contributed by atoms with E-state index >= 15 is 0 Å². The van der Waals surface area contributed by atoms with Crippen LogP contribution in [0.3, 0.4) is 0 Å². The van der Waals surface area contributed by atoms with Crippen molar-refractivity contribution < 1.29 is 33.1 Å². The van der Waals surface area contributed by atoms with Crippen LogP contribution in [0.25, 0.3) is 11.0 Å². The summed E-state index contributed by atoms with van der Waals surface area (Å²) in [5.41, 5.74) is 0.567. The second kappa shape index (κ2) is 14.0. The van der Waals surface area contributed by atoms with Crippen LogP contribution in [0.1, 0.15) is 63.9 Å². The Balaban J connectivity index is 1.63. The predicted octanol–water partition coefficient (Wildman–Crippen LogP) is 3.02. The zero-order chi connectivity index (χ0) is 29.4. The summed E-state index contributed by atoms with van der Waals surface area (Å²) in [6, 6.07) is 5.80. The molecule has 218 valence electrons. The predicted molar refractivity (Wildman–Crippen MR) is 148 cm³/mol. The summed E-state index contributed by atoms with van der Waals surface area (Å²) in [6.45, 7) is 7.79. The van der Waals surface area contributed by atoms with Crippen LogP contribution in [0.4, 0.5) is 4.79 Å². The van der Waals surface area contributed by atoms with Gasteiger partial charge in [0.05, 0.1) is 19.7 Å². The summed E-state index contributed by atoms with van der Waals surface area (Å²) in [5, 5.41) is 8.99. The summed E-state index contributed by atoms with van der Waals surface area (Å²) >= 11 is 0. The van der Waals surface area contributed by atoms with E-state index in [0.29, 0.717) is 31.3 Å². The van der Waals surface area contributed by atoms with Crippen molar-refractivity contribution in [2.24, 2.45) is 11.8 Å². The average Bonchev–Trinajstić information content (AvgIpc) is 3.26. The van der Waals surface area contributed by atoms with E-state index in [1.54, 1.807) is 18.2 Å². The van der Waals surface area contributed by atoms with E-state index in [1.165, 1.54) is 12.0 Å². The van der Waals surface area contributed by atoms with Crippen molar-refractivity contribution in [2.75, 3.05) is 20.2 Å². The lowest BCUT2D eigenvalue weighted by molar-refractivity contribution is -0.143. The molecule has 1 aromatic carbocycles. The van der Waals surface area contributed by atoms with Crippen LogP contribution in [0.15, 0.2) is 34.7 Å². The smallest absolute Gasteiger partial charge is 0.328 e. The SMILES string of the molecule is COC(=O)C(CC(C)C)NC(=O)N1CCCC(NC(=O)C(CC(C)C)NC(=O)c2cc3ccccc3o2)C(=O)C1. The van der Waals surface area contributed by atoms with Crippen molar-refractivity contribution in [3.05, 3.63) is 36.1 Å². The number of furan rings is 1. The highest BCUT2D eigenvalue weighted by atomic mass is 16.5. The minimum Gasteiger partial charge on any atom is -0.467 e. The number of esters is 1. The van der Waals surface area contributed by atoms with E-state index in [1.807, 2.05) is 39.8 Å². The number of carbonyl (C=O) groups excluding carboxylic acids is 5. The number of Topliss-reactive ketones (excluding diaryl/α,β-unsaturated/α-hetero) is 1. The number of para-hydroxylation sites is 1. The molecule has 3 atom stereocenters. The Hall–Kier alpha value is -3.89. The first kappa shape index (κ1) is 30.6. The number of benzene rings is 1. The molecule has 0 spiro atoms. The number of hydrogen-bond donors (Lipinski definition) is 3. The molecule has 40 heavy (non-hydrogen) atoms. The van der Waals surface area contributed by atoms with Crippen molar-refractivity contribution in [3.8, 4) is 0 Å². The standard InChI is InChI=1S/C29H40N4O7/c1-17(2)13-21(31-27(36)25-15-19-9-6-7-11-24(19)40-25)26(35)30-20-10-8-12-33(16-23(20)34)29(38)32-22(14-18(3)4)28(37)39-5/h6-7,9,11,15,17-18,20-22H,8,10,12-14,16H2,1-5H3,(H,30,35)(H,31,36)(H,32,38). The Labute approximate surface area is 234 Å². The molecule has 1 aliphatic rings. The molecule has 1 saturated heterocycles. The van der Waals surface area contributed by atoms with Gasteiger partial charge in [-0.25, -0.2) is 9.59 Å². The molecule has 2 aromatic rings. The van der Waals surface area contributed by atoms with Gasteiger partial charge in [-0.05, 0) is 49.7 Å². The van der Waals surface area contributed by atoms with E-state index in [2.05, 4.69) is 16.0 Å². The lowest BCUT2D eigenvalue weighted by Gasteiger charge is -2.25. The average molecular weight is 557 g/mol. The molecule has 11 heteroatoms. The van der Waals surface area contributed by atoms with Gasteiger partial charge in [0.1, 0.15) is 17.7 Å². The molecule has 0 aliphatic carbocycles. The summed E-state index contributed by atoms with van der Waals surface area (Å²) in [7, 11) is 1.26. The topological polar surface area (TPSA) is 147 Å². The van der Waals surface area contributed by atoms with Crippen molar-refractivity contribution in [1.29, 1.82) is 0 Å². The van der Waals surface area contributed by atoms with E-state index in [-0.39, 0.29) is 36.5 Å². The fourth-order valence-corrected chi connectivity index (χ4v) is 4.72. The highest BCUT2D eigenvalue weighted by molar-refractivity contribution is 6.00. The zero-order valence-corrected chi connectivity index (χ0v) is 23.8. The Morgan fingerprint density at radius 3 is 2.35 bits per heavy atom. The summed E-state index contributed by atoms with van der Waals surface area (Å²) in [4.78, 5) is 65.6. The maximum Gasteiger partial charge on any atom is 0.328 e. The van der Waals surface area contributed by atoms with Crippen LogP contribution in [0, 0.1) is 11.8 Å². The molecular weight excluding hydrogens is 516 g/mol. The molecule has 2 heterocycles. The number of urea groups is 1. The minimum atomic E-state index is -0.881. The number of likely N-dealkylation sites (tertiary alicyclic amines) is 1. The van der Waals surface area contributed by atoms with Gasteiger partial charge in [-0.3, -0.25) is 14.4 Å². The van der Waals surface area contributed by atoms with E-state index in [4.69, 9.17) is 9.15 Å². The second-order valence-electron chi connectivity index (χ2n) is 11.1. The quantitative estimate of drug-likeness (QED) is 0.381. The number of nitrogens with one attached hydrogen (secondary N) is 3. The second-order valence-corrected chi connectivity index (χ2v) is 11.1.